The SMILES string of the molecule is Cc1ccc2c(c1)OB([C@H](CC(C)C)NC(=O)CNC(=O)c1cccc(N)c1)OC2=O. The molecule has 0 saturated carbocycles. The van der Waals surface area contributed by atoms with Gasteiger partial charge < -0.3 is 25.7 Å². The van der Waals surface area contributed by atoms with E-state index in [0.717, 1.165) is 5.56 Å². The van der Waals surface area contributed by atoms with Gasteiger partial charge in [0.1, 0.15) is 5.75 Å². The Labute approximate surface area is 181 Å². The third-order valence-electron chi connectivity index (χ3n) is 4.78. The number of hydrogen-bond donors (Lipinski definition) is 3. The Bertz CT molecular complexity index is 995. The van der Waals surface area contributed by atoms with Crippen LogP contribution in [-0.4, -0.2) is 37.4 Å². The van der Waals surface area contributed by atoms with Gasteiger partial charge in [0.05, 0.1) is 18.0 Å². The van der Waals surface area contributed by atoms with E-state index in [4.69, 9.17) is 15.0 Å². The summed E-state index contributed by atoms with van der Waals surface area (Å²) in [6.45, 7) is 5.64. The maximum Gasteiger partial charge on any atom is 0.620 e. The summed E-state index contributed by atoms with van der Waals surface area (Å²) >= 11 is 0. The van der Waals surface area contributed by atoms with Crippen LogP contribution >= 0.6 is 0 Å². The zero-order valence-corrected chi connectivity index (χ0v) is 17.8. The smallest absolute Gasteiger partial charge is 0.524 e. The summed E-state index contributed by atoms with van der Waals surface area (Å²) in [5.41, 5.74) is 7.81. The number of aryl methyl sites for hydroxylation is 1. The van der Waals surface area contributed by atoms with Gasteiger partial charge in [-0.3, -0.25) is 9.59 Å². The van der Waals surface area contributed by atoms with Crippen LogP contribution in [0.5, 0.6) is 5.75 Å². The summed E-state index contributed by atoms with van der Waals surface area (Å²) in [5, 5.41) is 5.39. The molecule has 162 valence electrons. The van der Waals surface area contributed by atoms with Crippen LogP contribution in [0.15, 0.2) is 42.5 Å². The van der Waals surface area contributed by atoms with Gasteiger partial charge in [-0.2, -0.15) is 0 Å². The third-order valence-corrected chi connectivity index (χ3v) is 4.78. The molecule has 1 aliphatic heterocycles. The molecule has 8 nitrogen and oxygen atoms in total. The second-order valence-electron chi connectivity index (χ2n) is 8.00. The molecule has 0 aromatic heterocycles. The summed E-state index contributed by atoms with van der Waals surface area (Å²) in [6, 6.07) is 11.7. The van der Waals surface area contributed by atoms with Crippen LogP contribution in [0.2, 0.25) is 0 Å². The number of rotatable bonds is 7. The molecule has 0 saturated heterocycles. The Balaban J connectivity index is 1.65. The number of anilines is 1. The summed E-state index contributed by atoms with van der Waals surface area (Å²) < 4.78 is 11.3. The molecule has 1 heterocycles. The van der Waals surface area contributed by atoms with Gasteiger partial charge >= 0.3 is 13.1 Å². The van der Waals surface area contributed by atoms with Gasteiger partial charge in [-0.05, 0) is 55.2 Å². The van der Waals surface area contributed by atoms with Gasteiger partial charge in [0.2, 0.25) is 5.91 Å². The maximum atomic E-state index is 12.5. The van der Waals surface area contributed by atoms with E-state index in [-0.39, 0.29) is 12.5 Å². The van der Waals surface area contributed by atoms with E-state index in [1.165, 1.54) is 6.07 Å². The average molecular weight is 423 g/mol. The molecule has 2 aromatic rings. The highest BCUT2D eigenvalue weighted by molar-refractivity contribution is 6.51. The molecule has 4 N–H and O–H groups in total. The molecule has 2 amide bonds. The topological polar surface area (TPSA) is 120 Å². The number of nitrogen functional groups attached to an aromatic ring is 1. The molecule has 1 atom stereocenters. The Kier molecular flexibility index (Phi) is 6.84. The zero-order chi connectivity index (χ0) is 22.5. The first-order valence-electron chi connectivity index (χ1n) is 10.1. The third kappa shape index (κ3) is 5.78. The molecule has 9 heteroatoms. The minimum Gasteiger partial charge on any atom is -0.524 e. The second kappa shape index (κ2) is 9.55. The second-order valence-corrected chi connectivity index (χ2v) is 8.00. The van der Waals surface area contributed by atoms with E-state index >= 15 is 0 Å². The van der Waals surface area contributed by atoms with Crippen LogP contribution < -0.4 is 21.0 Å². The molecule has 0 bridgehead atoms. The normalized spacial score (nSPS) is 13.7. The van der Waals surface area contributed by atoms with Gasteiger partial charge in [0, 0.05) is 11.3 Å². The van der Waals surface area contributed by atoms with Crippen LogP contribution in [0.4, 0.5) is 5.69 Å². The Hall–Kier alpha value is -3.49. The van der Waals surface area contributed by atoms with Crippen LogP contribution in [0, 0.1) is 12.8 Å². The number of nitrogens with two attached hydrogens (primary N) is 1. The lowest BCUT2D eigenvalue weighted by atomic mass is 9.72. The zero-order valence-electron chi connectivity index (χ0n) is 17.8. The van der Waals surface area contributed by atoms with E-state index in [1.807, 2.05) is 20.8 Å². The lowest BCUT2D eigenvalue weighted by Crippen LogP contribution is -2.55. The molecule has 0 fully saturated rings. The van der Waals surface area contributed by atoms with Crippen molar-refractivity contribution < 1.29 is 23.7 Å². The van der Waals surface area contributed by atoms with E-state index in [9.17, 15) is 14.4 Å². The highest BCUT2D eigenvalue weighted by Crippen LogP contribution is 2.27. The number of carbonyl (C=O) groups is 3. The number of hydrogen-bond acceptors (Lipinski definition) is 6. The molecular weight excluding hydrogens is 397 g/mol. The minimum atomic E-state index is -0.960. The number of nitrogens with one attached hydrogen (secondary N) is 2. The van der Waals surface area contributed by atoms with Crippen LogP contribution in [0.3, 0.4) is 0 Å². The minimum absolute atomic E-state index is 0.202. The first-order chi connectivity index (χ1) is 14.7. The van der Waals surface area contributed by atoms with Crippen molar-refractivity contribution in [1.29, 1.82) is 0 Å². The van der Waals surface area contributed by atoms with Crippen LogP contribution in [0.25, 0.3) is 0 Å². The largest absolute Gasteiger partial charge is 0.620 e. The van der Waals surface area contributed by atoms with Crippen LogP contribution in [-0.2, 0) is 9.45 Å². The van der Waals surface area contributed by atoms with E-state index in [0.29, 0.717) is 29.0 Å². The van der Waals surface area contributed by atoms with Crippen molar-refractivity contribution in [2.24, 2.45) is 5.92 Å². The number of amides is 2. The highest BCUT2D eigenvalue weighted by Gasteiger charge is 2.42. The van der Waals surface area contributed by atoms with Crippen molar-refractivity contribution in [2.45, 2.75) is 33.1 Å². The summed E-state index contributed by atoms with van der Waals surface area (Å²) in [4.78, 5) is 37.2. The fraction of sp³-hybridized carbons (Fsp3) is 0.318. The first-order valence-corrected chi connectivity index (χ1v) is 10.1. The monoisotopic (exact) mass is 423 g/mol. The van der Waals surface area contributed by atoms with Gasteiger partial charge in [0.25, 0.3) is 5.91 Å². The van der Waals surface area contributed by atoms with Crippen molar-refractivity contribution in [2.75, 3.05) is 12.3 Å². The average Bonchev–Trinajstić information content (AvgIpc) is 2.70. The maximum absolute atomic E-state index is 12.5. The van der Waals surface area contributed by atoms with Crippen LogP contribution in [0.1, 0.15) is 46.5 Å². The Morgan fingerprint density at radius 2 is 1.90 bits per heavy atom. The molecule has 0 radical (unpaired) electrons. The fourth-order valence-corrected chi connectivity index (χ4v) is 3.32. The van der Waals surface area contributed by atoms with Crippen molar-refractivity contribution >= 4 is 30.6 Å². The van der Waals surface area contributed by atoms with Crippen molar-refractivity contribution in [3.05, 3.63) is 59.2 Å². The molecule has 31 heavy (non-hydrogen) atoms. The summed E-state index contributed by atoms with van der Waals surface area (Å²) in [5.74, 6) is -1.27. The molecule has 0 unspecified atom stereocenters. The molecule has 0 aliphatic carbocycles. The molecule has 1 aliphatic rings. The summed E-state index contributed by atoms with van der Waals surface area (Å²) in [7, 11) is -0.960. The van der Waals surface area contributed by atoms with E-state index < -0.39 is 30.8 Å². The Morgan fingerprint density at radius 3 is 2.61 bits per heavy atom. The molecular formula is C22H26BN3O5. The lowest BCUT2D eigenvalue weighted by Gasteiger charge is -2.29. The van der Waals surface area contributed by atoms with Gasteiger partial charge in [0.15, 0.2) is 0 Å². The Morgan fingerprint density at radius 1 is 1.13 bits per heavy atom. The van der Waals surface area contributed by atoms with Crippen molar-refractivity contribution in [1.82, 2.24) is 10.6 Å². The van der Waals surface area contributed by atoms with E-state index in [2.05, 4.69) is 10.6 Å². The van der Waals surface area contributed by atoms with Crippen molar-refractivity contribution in [3.63, 3.8) is 0 Å². The predicted octanol–water partition coefficient (Wildman–Crippen LogP) is 2.11. The first kappa shape index (κ1) is 22.2. The van der Waals surface area contributed by atoms with Gasteiger partial charge in [-0.15, -0.1) is 0 Å². The number of benzene rings is 2. The number of fused-ring (bicyclic) bond motifs is 1. The van der Waals surface area contributed by atoms with Crippen molar-refractivity contribution in [3.8, 4) is 5.75 Å². The summed E-state index contributed by atoms with van der Waals surface area (Å²) in [6.07, 6.45) is 0.522. The standard InChI is InChI=1S/C22H26BN3O5/c1-13(2)9-19(23-30-18-10-14(3)7-8-17(18)22(29)31-23)26-20(27)12-25-21(28)15-5-4-6-16(24)11-15/h4-8,10-11,13,19H,9,12,24H2,1-3H3,(H,25,28)(H,26,27)/t19-/m0/s1. The highest BCUT2D eigenvalue weighted by atomic mass is 16.6. The molecule has 0 spiro atoms. The van der Waals surface area contributed by atoms with E-state index in [1.54, 1.807) is 36.4 Å². The lowest BCUT2D eigenvalue weighted by molar-refractivity contribution is -0.120. The molecule has 3 rings (SSSR count). The predicted molar refractivity (Wildman–Crippen MR) is 118 cm³/mol. The number of carbonyl (C=O) groups excluding carboxylic acids is 3. The van der Waals surface area contributed by atoms with Gasteiger partial charge in [-0.1, -0.05) is 26.0 Å². The fourth-order valence-electron chi connectivity index (χ4n) is 3.32. The molecule has 2 aromatic carbocycles. The quantitative estimate of drug-likeness (QED) is 0.464. The van der Waals surface area contributed by atoms with Gasteiger partial charge in [-0.25, -0.2) is 4.79 Å².